The number of nitrogens with two attached hydrogens (primary N) is 1. The Kier molecular flexibility index (Phi) is 3.46. The first-order valence-electron chi connectivity index (χ1n) is 4.65. The molecule has 0 aliphatic heterocycles. The summed E-state index contributed by atoms with van der Waals surface area (Å²) in [4.78, 5) is 0. The van der Waals surface area contributed by atoms with Crippen LogP contribution in [0.4, 0.5) is 0 Å². The number of benzene rings is 1. The third kappa shape index (κ3) is 2.83. The van der Waals surface area contributed by atoms with Gasteiger partial charge in [0.1, 0.15) is 0 Å². The van der Waals surface area contributed by atoms with Crippen molar-refractivity contribution in [2.75, 3.05) is 6.54 Å². The zero-order chi connectivity index (χ0) is 9.73. The first-order valence-corrected chi connectivity index (χ1v) is 4.65. The van der Waals surface area contributed by atoms with Gasteiger partial charge in [-0.2, -0.15) is 0 Å². The monoisotopic (exact) mass is 179 g/mol. The van der Waals surface area contributed by atoms with Gasteiger partial charge < -0.3 is 10.8 Å². The standard InChI is InChI=1S/C11H17NO/c1-11(13,8-5-9-12)10-6-3-2-4-7-10/h2-4,6-7,13H,5,8-9,12H2,1H3/t11-/m0/s1. The zero-order valence-corrected chi connectivity index (χ0v) is 8.03. The molecular weight excluding hydrogens is 162 g/mol. The fourth-order valence-electron chi connectivity index (χ4n) is 1.39. The Labute approximate surface area is 79.4 Å². The van der Waals surface area contributed by atoms with Crippen molar-refractivity contribution in [3.05, 3.63) is 35.9 Å². The summed E-state index contributed by atoms with van der Waals surface area (Å²) in [5, 5.41) is 10.1. The lowest BCUT2D eigenvalue weighted by Crippen LogP contribution is -2.22. The maximum absolute atomic E-state index is 10.1. The summed E-state index contributed by atoms with van der Waals surface area (Å²) in [5.74, 6) is 0. The molecule has 0 aliphatic rings. The minimum Gasteiger partial charge on any atom is -0.385 e. The minimum absolute atomic E-state index is 0.628. The molecule has 0 aliphatic carbocycles. The van der Waals surface area contributed by atoms with Crippen LogP contribution in [0.2, 0.25) is 0 Å². The van der Waals surface area contributed by atoms with Crippen LogP contribution in [0.1, 0.15) is 25.3 Å². The summed E-state index contributed by atoms with van der Waals surface area (Å²) >= 11 is 0. The van der Waals surface area contributed by atoms with Crippen molar-refractivity contribution in [2.24, 2.45) is 5.73 Å². The van der Waals surface area contributed by atoms with Crippen LogP contribution in [-0.4, -0.2) is 11.7 Å². The molecule has 13 heavy (non-hydrogen) atoms. The molecule has 1 aromatic rings. The van der Waals surface area contributed by atoms with Crippen molar-refractivity contribution in [2.45, 2.75) is 25.4 Å². The Hall–Kier alpha value is -0.860. The molecule has 0 heterocycles. The molecule has 72 valence electrons. The largest absolute Gasteiger partial charge is 0.385 e. The highest BCUT2D eigenvalue weighted by Gasteiger charge is 2.21. The molecule has 0 bridgehead atoms. The van der Waals surface area contributed by atoms with Crippen molar-refractivity contribution in [3.63, 3.8) is 0 Å². The van der Waals surface area contributed by atoms with E-state index in [-0.39, 0.29) is 0 Å². The Bertz CT molecular complexity index is 244. The summed E-state index contributed by atoms with van der Waals surface area (Å²) in [5.41, 5.74) is 5.63. The fourth-order valence-corrected chi connectivity index (χ4v) is 1.39. The second-order valence-corrected chi connectivity index (χ2v) is 3.53. The van der Waals surface area contributed by atoms with Gasteiger partial charge in [0.25, 0.3) is 0 Å². The van der Waals surface area contributed by atoms with E-state index in [1.54, 1.807) is 0 Å². The van der Waals surface area contributed by atoms with Crippen molar-refractivity contribution in [3.8, 4) is 0 Å². The summed E-state index contributed by atoms with van der Waals surface area (Å²) in [7, 11) is 0. The van der Waals surface area contributed by atoms with Gasteiger partial charge in [0.2, 0.25) is 0 Å². The maximum atomic E-state index is 10.1. The van der Waals surface area contributed by atoms with Gasteiger partial charge in [-0.15, -0.1) is 0 Å². The van der Waals surface area contributed by atoms with E-state index in [1.807, 2.05) is 37.3 Å². The average Bonchev–Trinajstić information content (AvgIpc) is 2.16. The van der Waals surface area contributed by atoms with Crippen LogP contribution in [-0.2, 0) is 5.60 Å². The first-order chi connectivity index (χ1) is 6.17. The molecule has 1 rings (SSSR count). The third-order valence-corrected chi connectivity index (χ3v) is 2.26. The molecule has 1 atom stereocenters. The first kappa shape index (κ1) is 10.2. The van der Waals surface area contributed by atoms with Gasteiger partial charge in [-0.3, -0.25) is 0 Å². The van der Waals surface area contributed by atoms with E-state index in [4.69, 9.17) is 5.73 Å². The lowest BCUT2D eigenvalue weighted by Gasteiger charge is -2.23. The lowest BCUT2D eigenvalue weighted by molar-refractivity contribution is 0.0462. The average molecular weight is 179 g/mol. The SMILES string of the molecule is C[C@](O)(CCCN)c1ccccc1. The van der Waals surface area contributed by atoms with Crippen molar-refractivity contribution >= 4 is 0 Å². The maximum Gasteiger partial charge on any atom is 0.0869 e. The van der Waals surface area contributed by atoms with E-state index < -0.39 is 5.60 Å². The summed E-state index contributed by atoms with van der Waals surface area (Å²) < 4.78 is 0. The van der Waals surface area contributed by atoms with E-state index in [0.717, 1.165) is 12.0 Å². The molecule has 1 aromatic carbocycles. The number of aliphatic hydroxyl groups is 1. The molecule has 0 unspecified atom stereocenters. The molecule has 0 spiro atoms. The van der Waals surface area contributed by atoms with Crippen LogP contribution < -0.4 is 5.73 Å². The normalized spacial score (nSPS) is 15.3. The van der Waals surface area contributed by atoms with Crippen LogP contribution in [0, 0.1) is 0 Å². The molecule has 2 heteroatoms. The van der Waals surface area contributed by atoms with Crippen molar-refractivity contribution in [1.29, 1.82) is 0 Å². The Morgan fingerprint density at radius 2 is 1.92 bits per heavy atom. The lowest BCUT2D eigenvalue weighted by atomic mass is 9.91. The Morgan fingerprint density at radius 1 is 1.31 bits per heavy atom. The van der Waals surface area contributed by atoms with Gasteiger partial charge >= 0.3 is 0 Å². The van der Waals surface area contributed by atoms with E-state index >= 15 is 0 Å². The zero-order valence-electron chi connectivity index (χ0n) is 8.03. The number of hydrogen-bond donors (Lipinski definition) is 2. The van der Waals surface area contributed by atoms with E-state index in [2.05, 4.69) is 0 Å². The predicted molar refractivity (Wildman–Crippen MR) is 54.3 cm³/mol. The van der Waals surface area contributed by atoms with Gasteiger partial charge in [0.15, 0.2) is 0 Å². The summed E-state index contributed by atoms with van der Waals surface area (Å²) in [6, 6.07) is 9.70. The molecule has 0 aromatic heterocycles. The van der Waals surface area contributed by atoms with Gasteiger partial charge in [0, 0.05) is 0 Å². The Balaban J connectivity index is 2.69. The van der Waals surface area contributed by atoms with Crippen molar-refractivity contribution in [1.82, 2.24) is 0 Å². The van der Waals surface area contributed by atoms with Crippen LogP contribution in [0.3, 0.4) is 0 Å². The highest BCUT2D eigenvalue weighted by molar-refractivity contribution is 5.21. The van der Waals surface area contributed by atoms with E-state index in [0.29, 0.717) is 13.0 Å². The van der Waals surface area contributed by atoms with Gasteiger partial charge in [0.05, 0.1) is 5.60 Å². The quantitative estimate of drug-likeness (QED) is 0.738. The topological polar surface area (TPSA) is 46.2 Å². The number of rotatable bonds is 4. The Morgan fingerprint density at radius 3 is 2.46 bits per heavy atom. The molecule has 0 fully saturated rings. The molecule has 2 nitrogen and oxygen atoms in total. The number of hydrogen-bond acceptors (Lipinski definition) is 2. The molecule has 3 N–H and O–H groups in total. The summed E-state index contributed by atoms with van der Waals surface area (Å²) in [6.07, 6.45) is 1.56. The van der Waals surface area contributed by atoms with Crippen LogP contribution in [0.25, 0.3) is 0 Å². The second-order valence-electron chi connectivity index (χ2n) is 3.53. The summed E-state index contributed by atoms with van der Waals surface area (Å²) in [6.45, 7) is 2.46. The fraction of sp³-hybridized carbons (Fsp3) is 0.455. The van der Waals surface area contributed by atoms with Gasteiger partial charge in [-0.05, 0) is 31.9 Å². The van der Waals surface area contributed by atoms with Gasteiger partial charge in [-0.25, -0.2) is 0 Å². The molecular formula is C11H17NO. The van der Waals surface area contributed by atoms with E-state index in [1.165, 1.54) is 0 Å². The minimum atomic E-state index is -0.735. The van der Waals surface area contributed by atoms with Gasteiger partial charge in [-0.1, -0.05) is 30.3 Å². The predicted octanol–water partition coefficient (Wildman–Crippen LogP) is 1.63. The van der Waals surface area contributed by atoms with Crippen LogP contribution in [0.15, 0.2) is 30.3 Å². The highest BCUT2D eigenvalue weighted by Crippen LogP contribution is 2.24. The molecule has 0 saturated heterocycles. The molecule has 0 radical (unpaired) electrons. The van der Waals surface area contributed by atoms with Crippen LogP contribution >= 0.6 is 0 Å². The smallest absolute Gasteiger partial charge is 0.0869 e. The third-order valence-electron chi connectivity index (χ3n) is 2.26. The highest BCUT2D eigenvalue weighted by atomic mass is 16.3. The van der Waals surface area contributed by atoms with Crippen LogP contribution in [0.5, 0.6) is 0 Å². The van der Waals surface area contributed by atoms with Crippen molar-refractivity contribution < 1.29 is 5.11 Å². The second kappa shape index (κ2) is 4.40. The molecule has 0 saturated carbocycles. The van der Waals surface area contributed by atoms with E-state index in [9.17, 15) is 5.11 Å². The molecule has 0 amide bonds.